The summed E-state index contributed by atoms with van der Waals surface area (Å²) in [4.78, 5) is 0. The number of hydrogen-bond donors (Lipinski definition) is 2. The van der Waals surface area contributed by atoms with Gasteiger partial charge in [0.1, 0.15) is 5.71 Å². The van der Waals surface area contributed by atoms with Gasteiger partial charge in [0.2, 0.25) is 0 Å². The van der Waals surface area contributed by atoms with E-state index in [4.69, 9.17) is 0 Å². The van der Waals surface area contributed by atoms with Gasteiger partial charge < -0.3 is 5.21 Å². The van der Waals surface area contributed by atoms with Gasteiger partial charge >= 0.3 is 0 Å². The summed E-state index contributed by atoms with van der Waals surface area (Å²) < 4.78 is 0. The molecule has 0 saturated heterocycles. The van der Waals surface area contributed by atoms with Gasteiger partial charge in [0.15, 0.2) is 0 Å². The summed E-state index contributed by atoms with van der Waals surface area (Å²) in [6.45, 7) is 0.388. The monoisotopic (exact) mass is 392 g/mol. The van der Waals surface area contributed by atoms with Crippen LogP contribution in [0.25, 0.3) is 0 Å². The second kappa shape index (κ2) is 9.21. The van der Waals surface area contributed by atoms with Crippen LogP contribution < -0.4 is 5.32 Å². The Morgan fingerprint density at radius 1 is 0.600 bits per heavy atom. The van der Waals surface area contributed by atoms with E-state index in [1.807, 2.05) is 48.5 Å². The van der Waals surface area contributed by atoms with E-state index >= 15 is 0 Å². The van der Waals surface area contributed by atoms with Crippen molar-refractivity contribution in [3.8, 4) is 0 Å². The van der Waals surface area contributed by atoms with Gasteiger partial charge in [-0.2, -0.15) is 0 Å². The SMILES string of the molecule is O/N=C(/CNC(c1ccccc1)(c1ccccc1)c1ccccc1)c1ccccc1. The molecule has 0 aliphatic rings. The van der Waals surface area contributed by atoms with Gasteiger partial charge in [-0.25, -0.2) is 0 Å². The Labute approximate surface area is 177 Å². The van der Waals surface area contributed by atoms with Crippen molar-refractivity contribution in [2.75, 3.05) is 6.54 Å². The molecule has 0 saturated carbocycles. The van der Waals surface area contributed by atoms with Crippen LogP contribution in [-0.2, 0) is 5.54 Å². The van der Waals surface area contributed by atoms with Crippen molar-refractivity contribution in [2.24, 2.45) is 5.16 Å². The lowest BCUT2D eigenvalue weighted by Crippen LogP contribution is -2.47. The summed E-state index contributed by atoms with van der Waals surface area (Å²) in [5, 5.41) is 17.1. The minimum Gasteiger partial charge on any atom is -0.411 e. The maximum Gasteiger partial charge on any atom is 0.101 e. The van der Waals surface area contributed by atoms with E-state index in [9.17, 15) is 5.21 Å². The summed E-state index contributed by atoms with van der Waals surface area (Å²) >= 11 is 0. The second-order valence-corrected chi connectivity index (χ2v) is 7.11. The Morgan fingerprint density at radius 3 is 1.33 bits per heavy atom. The third-order valence-electron chi connectivity index (χ3n) is 5.37. The molecule has 30 heavy (non-hydrogen) atoms. The molecule has 0 spiro atoms. The Balaban J connectivity index is 1.85. The summed E-state index contributed by atoms with van der Waals surface area (Å²) in [7, 11) is 0. The Morgan fingerprint density at radius 2 is 0.967 bits per heavy atom. The molecule has 0 aromatic heterocycles. The van der Waals surface area contributed by atoms with Crippen molar-refractivity contribution in [3.63, 3.8) is 0 Å². The molecule has 148 valence electrons. The van der Waals surface area contributed by atoms with Crippen molar-refractivity contribution in [1.29, 1.82) is 0 Å². The minimum absolute atomic E-state index is 0.388. The molecule has 0 bridgehead atoms. The maximum absolute atomic E-state index is 9.74. The molecule has 0 radical (unpaired) electrons. The highest BCUT2D eigenvalue weighted by Gasteiger charge is 2.36. The van der Waals surface area contributed by atoms with Crippen LogP contribution in [0.3, 0.4) is 0 Å². The fourth-order valence-electron chi connectivity index (χ4n) is 3.91. The number of benzene rings is 4. The quantitative estimate of drug-likeness (QED) is 0.190. The van der Waals surface area contributed by atoms with Crippen LogP contribution in [0.4, 0.5) is 0 Å². The summed E-state index contributed by atoms with van der Waals surface area (Å²) in [5.41, 5.74) is 4.22. The highest BCUT2D eigenvalue weighted by molar-refractivity contribution is 6.01. The topological polar surface area (TPSA) is 44.6 Å². The van der Waals surface area contributed by atoms with Crippen LogP contribution in [0.15, 0.2) is 126 Å². The first-order valence-electron chi connectivity index (χ1n) is 10.0. The Hall–Kier alpha value is -3.69. The highest BCUT2D eigenvalue weighted by Crippen LogP contribution is 2.36. The molecule has 0 fully saturated rings. The Kier molecular flexibility index (Phi) is 6.02. The van der Waals surface area contributed by atoms with E-state index in [1.54, 1.807) is 0 Å². The molecular weight excluding hydrogens is 368 g/mol. The van der Waals surface area contributed by atoms with E-state index in [-0.39, 0.29) is 0 Å². The number of nitrogens with one attached hydrogen (secondary N) is 1. The predicted molar refractivity (Wildman–Crippen MR) is 122 cm³/mol. The first-order valence-corrected chi connectivity index (χ1v) is 10.0. The van der Waals surface area contributed by atoms with Crippen molar-refractivity contribution in [2.45, 2.75) is 5.54 Å². The molecule has 0 aliphatic carbocycles. The molecule has 0 aliphatic heterocycles. The number of oxime groups is 1. The smallest absolute Gasteiger partial charge is 0.101 e. The predicted octanol–water partition coefficient (Wildman–Crippen LogP) is 5.45. The van der Waals surface area contributed by atoms with Crippen LogP contribution in [0.2, 0.25) is 0 Å². The normalized spacial score (nSPS) is 11.9. The van der Waals surface area contributed by atoms with Crippen LogP contribution in [0.5, 0.6) is 0 Å². The summed E-state index contributed by atoms with van der Waals surface area (Å²) in [6, 6.07) is 40.9. The molecule has 3 heteroatoms. The number of nitrogens with zero attached hydrogens (tertiary/aromatic N) is 1. The molecule has 4 aromatic rings. The van der Waals surface area contributed by atoms with Crippen molar-refractivity contribution in [3.05, 3.63) is 144 Å². The lowest BCUT2D eigenvalue weighted by atomic mass is 9.77. The second-order valence-electron chi connectivity index (χ2n) is 7.11. The van der Waals surface area contributed by atoms with E-state index in [1.165, 1.54) is 0 Å². The summed E-state index contributed by atoms with van der Waals surface area (Å²) in [6.07, 6.45) is 0. The standard InChI is InChI=1S/C27H24N2O/c30-29-26(22-13-5-1-6-14-22)21-28-27(23-15-7-2-8-16-23,24-17-9-3-10-18-24)25-19-11-4-12-20-25/h1-20,28,30H,21H2/b29-26-. The first kappa shape index (κ1) is 19.6. The molecule has 0 unspecified atom stereocenters. The maximum atomic E-state index is 9.74. The van der Waals surface area contributed by atoms with Gasteiger partial charge in [-0.05, 0) is 16.7 Å². The molecule has 0 amide bonds. The van der Waals surface area contributed by atoms with Gasteiger partial charge in [-0.1, -0.05) is 126 Å². The first-order chi connectivity index (χ1) is 14.8. The van der Waals surface area contributed by atoms with Crippen molar-refractivity contribution < 1.29 is 5.21 Å². The zero-order valence-corrected chi connectivity index (χ0v) is 16.6. The van der Waals surface area contributed by atoms with Crippen LogP contribution >= 0.6 is 0 Å². The molecule has 2 N–H and O–H groups in total. The third kappa shape index (κ3) is 3.88. The van der Waals surface area contributed by atoms with Gasteiger partial charge in [-0.15, -0.1) is 0 Å². The van der Waals surface area contributed by atoms with Crippen molar-refractivity contribution in [1.82, 2.24) is 5.32 Å². The highest BCUT2D eigenvalue weighted by atomic mass is 16.4. The van der Waals surface area contributed by atoms with E-state index in [2.05, 4.69) is 83.3 Å². The molecule has 4 rings (SSSR count). The van der Waals surface area contributed by atoms with E-state index < -0.39 is 5.54 Å². The zero-order chi connectivity index (χ0) is 20.7. The molecule has 0 heterocycles. The lowest BCUT2D eigenvalue weighted by Gasteiger charge is -2.37. The van der Waals surface area contributed by atoms with Crippen molar-refractivity contribution >= 4 is 5.71 Å². The van der Waals surface area contributed by atoms with Gasteiger partial charge in [0, 0.05) is 12.1 Å². The molecular formula is C27H24N2O. The van der Waals surface area contributed by atoms with E-state index in [0.717, 1.165) is 22.3 Å². The minimum atomic E-state index is -0.603. The van der Waals surface area contributed by atoms with Gasteiger partial charge in [0.05, 0.1) is 5.54 Å². The third-order valence-corrected chi connectivity index (χ3v) is 5.37. The zero-order valence-electron chi connectivity index (χ0n) is 16.6. The molecule has 3 nitrogen and oxygen atoms in total. The van der Waals surface area contributed by atoms with E-state index in [0.29, 0.717) is 12.3 Å². The molecule has 0 atom stereocenters. The van der Waals surface area contributed by atoms with Crippen LogP contribution in [0.1, 0.15) is 22.3 Å². The van der Waals surface area contributed by atoms with Crippen LogP contribution in [-0.4, -0.2) is 17.5 Å². The lowest BCUT2D eigenvalue weighted by molar-refractivity contribution is 0.317. The average molecular weight is 393 g/mol. The fraction of sp³-hybridized carbons (Fsp3) is 0.0741. The molecule has 4 aromatic carbocycles. The Bertz CT molecular complexity index is 982. The van der Waals surface area contributed by atoms with Gasteiger partial charge in [-0.3, -0.25) is 5.32 Å². The number of hydrogen-bond acceptors (Lipinski definition) is 3. The fourth-order valence-corrected chi connectivity index (χ4v) is 3.91. The number of rotatable bonds is 7. The van der Waals surface area contributed by atoms with Gasteiger partial charge in [0.25, 0.3) is 0 Å². The average Bonchev–Trinajstić information content (AvgIpc) is 2.84. The van der Waals surface area contributed by atoms with Crippen LogP contribution in [0, 0.1) is 0 Å². The summed E-state index contributed by atoms with van der Waals surface area (Å²) in [5.74, 6) is 0. The largest absolute Gasteiger partial charge is 0.411 e.